The van der Waals surface area contributed by atoms with Crippen LogP contribution in [0.25, 0.3) is 0 Å². The summed E-state index contributed by atoms with van der Waals surface area (Å²) < 4.78 is 11.1. The van der Waals surface area contributed by atoms with Gasteiger partial charge in [-0.1, -0.05) is 44.2 Å². The van der Waals surface area contributed by atoms with Crippen LogP contribution in [-0.2, 0) is 25.6 Å². The minimum Gasteiger partial charge on any atom is -0.486 e. The van der Waals surface area contributed by atoms with E-state index in [0.717, 1.165) is 5.56 Å². The molecule has 0 aromatic heterocycles. The predicted molar refractivity (Wildman–Crippen MR) is 149 cm³/mol. The lowest BCUT2D eigenvalue weighted by atomic mass is 9.98. The molecule has 4 rings (SSSR count). The van der Waals surface area contributed by atoms with Crippen molar-refractivity contribution in [3.8, 4) is 11.5 Å². The van der Waals surface area contributed by atoms with Crippen LogP contribution in [0, 0.1) is 11.8 Å². The van der Waals surface area contributed by atoms with Crippen molar-refractivity contribution in [2.45, 2.75) is 51.2 Å². The standard InChI is InChI=1S/C30H36N4O7/c1-18(2)26(34-28(37)20-8-9-24-25(16-20)41-13-12-40-24)30(39)33-23(14-19-6-4-3-5-7-19)29(38)32-22(17-35)15-21-10-11-31-27(21)36/h3-9,16-18,21-23,26H,10-15H2,1-2H3,(H,31,36)(H,32,38)(H,33,39)(H,34,37)/t21-,22-,23-,26-/m0/s1. The van der Waals surface area contributed by atoms with E-state index in [1.54, 1.807) is 32.0 Å². The van der Waals surface area contributed by atoms with Gasteiger partial charge in [0.15, 0.2) is 11.5 Å². The van der Waals surface area contributed by atoms with Crippen LogP contribution in [0.3, 0.4) is 0 Å². The van der Waals surface area contributed by atoms with Crippen LogP contribution in [0.5, 0.6) is 11.5 Å². The van der Waals surface area contributed by atoms with Gasteiger partial charge < -0.3 is 35.5 Å². The second-order valence-electron chi connectivity index (χ2n) is 10.6. The molecule has 11 nitrogen and oxygen atoms in total. The second-order valence-corrected chi connectivity index (χ2v) is 10.6. The zero-order valence-corrected chi connectivity index (χ0v) is 23.2. The summed E-state index contributed by atoms with van der Waals surface area (Å²) in [5.41, 5.74) is 1.10. The lowest BCUT2D eigenvalue weighted by Gasteiger charge is -2.26. The van der Waals surface area contributed by atoms with Crippen molar-refractivity contribution >= 4 is 29.9 Å². The van der Waals surface area contributed by atoms with Crippen molar-refractivity contribution in [3.63, 3.8) is 0 Å². The molecule has 0 spiro atoms. The van der Waals surface area contributed by atoms with E-state index in [-0.39, 0.29) is 30.6 Å². The largest absolute Gasteiger partial charge is 0.486 e. The maximum Gasteiger partial charge on any atom is 0.252 e. The molecule has 0 radical (unpaired) electrons. The highest BCUT2D eigenvalue weighted by atomic mass is 16.6. The smallest absolute Gasteiger partial charge is 0.252 e. The Kier molecular flexibility index (Phi) is 9.94. The van der Waals surface area contributed by atoms with Gasteiger partial charge in [-0.05, 0) is 42.5 Å². The molecule has 0 aliphatic carbocycles. The van der Waals surface area contributed by atoms with Crippen LogP contribution in [0.2, 0.25) is 0 Å². The number of amides is 4. The fourth-order valence-electron chi connectivity index (χ4n) is 4.87. The molecule has 4 atom stereocenters. The van der Waals surface area contributed by atoms with Gasteiger partial charge in [-0.25, -0.2) is 0 Å². The van der Waals surface area contributed by atoms with Crippen LogP contribution in [0.1, 0.15) is 42.6 Å². The molecule has 0 saturated carbocycles. The number of hydrogen-bond donors (Lipinski definition) is 4. The summed E-state index contributed by atoms with van der Waals surface area (Å²) in [4.78, 5) is 63.7. The quantitative estimate of drug-likeness (QED) is 0.282. The Morgan fingerprint density at radius 2 is 1.71 bits per heavy atom. The van der Waals surface area contributed by atoms with E-state index < -0.39 is 35.8 Å². The lowest BCUT2D eigenvalue weighted by molar-refractivity contribution is -0.131. The molecule has 2 aromatic carbocycles. The van der Waals surface area contributed by atoms with E-state index in [1.165, 1.54) is 0 Å². The number of carbonyl (C=O) groups is 5. The molecule has 218 valence electrons. The highest BCUT2D eigenvalue weighted by Gasteiger charge is 2.32. The van der Waals surface area contributed by atoms with Crippen molar-refractivity contribution < 1.29 is 33.4 Å². The van der Waals surface area contributed by atoms with Crippen LogP contribution in [0.4, 0.5) is 0 Å². The van der Waals surface area contributed by atoms with Crippen molar-refractivity contribution in [2.24, 2.45) is 11.8 Å². The summed E-state index contributed by atoms with van der Waals surface area (Å²) in [6.07, 6.45) is 1.53. The molecule has 0 bridgehead atoms. The van der Waals surface area contributed by atoms with Gasteiger partial charge in [-0.15, -0.1) is 0 Å². The van der Waals surface area contributed by atoms with E-state index in [4.69, 9.17) is 9.47 Å². The third-order valence-electron chi connectivity index (χ3n) is 7.15. The Morgan fingerprint density at radius 1 is 0.976 bits per heavy atom. The van der Waals surface area contributed by atoms with E-state index >= 15 is 0 Å². The normalized spacial score (nSPS) is 18.0. The maximum absolute atomic E-state index is 13.5. The van der Waals surface area contributed by atoms with Gasteiger partial charge in [0.25, 0.3) is 5.91 Å². The summed E-state index contributed by atoms with van der Waals surface area (Å²) in [5.74, 6) is -1.39. The summed E-state index contributed by atoms with van der Waals surface area (Å²) >= 11 is 0. The first-order chi connectivity index (χ1) is 19.7. The second kappa shape index (κ2) is 13.8. The summed E-state index contributed by atoms with van der Waals surface area (Å²) in [7, 11) is 0. The number of nitrogens with one attached hydrogen (secondary N) is 4. The van der Waals surface area contributed by atoms with Crippen LogP contribution in [-0.4, -0.2) is 67.8 Å². The summed E-state index contributed by atoms with van der Waals surface area (Å²) in [5, 5.41) is 11.0. The molecule has 4 amide bonds. The van der Waals surface area contributed by atoms with E-state index in [0.29, 0.717) is 49.5 Å². The molecule has 1 saturated heterocycles. The third kappa shape index (κ3) is 7.84. The van der Waals surface area contributed by atoms with Gasteiger partial charge in [-0.2, -0.15) is 0 Å². The number of fused-ring (bicyclic) bond motifs is 1. The van der Waals surface area contributed by atoms with E-state index in [9.17, 15) is 24.0 Å². The molecule has 2 heterocycles. The summed E-state index contributed by atoms with van der Waals surface area (Å²) in [6, 6.07) is 11.1. The van der Waals surface area contributed by atoms with Crippen molar-refractivity contribution in [3.05, 3.63) is 59.7 Å². The molecule has 11 heteroatoms. The Balaban J connectivity index is 1.46. The molecular formula is C30H36N4O7. The zero-order chi connectivity index (χ0) is 29.4. The summed E-state index contributed by atoms with van der Waals surface area (Å²) in [6.45, 7) is 4.91. The highest BCUT2D eigenvalue weighted by Crippen LogP contribution is 2.30. The molecule has 4 N–H and O–H groups in total. The fourth-order valence-corrected chi connectivity index (χ4v) is 4.87. The Morgan fingerprint density at radius 3 is 2.37 bits per heavy atom. The van der Waals surface area contributed by atoms with Crippen LogP contribution < -0.4 is 30.7 Å². The minimum atomic E-state index is -1.03. The van der Waals surface area contributed by atoms with Crippen LogP contribution in [0.15, 0.2) is 48.5 Å². The number of carbonyl (C=O) groups excluding carboxylic acids is 5. The topological polar surface area (TPSA) is 152 Å². The molecule has 2 aliphatic heterocycles. The average molecular weight is 565 g/mol. The monoisotopic (exact) mass is 564 g/mol. The van der Waals surface area contributed by atoms with Crippen LogP contribution >= 0.6 is 0 Å². The first-order valence-electron chi connectivity index (χ1n) is 13.8. The highest BCUT2D eigenvalue weighted by molar-refractivity contribution is 5.99. The van der Waals surface area contributed by atoms with Gasteiger partial charge in [-0.3, -0.25) is 19.2 Å². The van der Waals surface area contributed by atoms with E-state index in [1.807, 2.05) is 30.3 Å². The maximum atomic E-state index is 13.5. The SMILES string of the molecule is CC(C)[C@H](NC(=O)c1ccc2c(c1)OCCO2)C(=O)N[C@@H](Cc1ccccc1)C(=O)N[C@H](C=O)C[C@@H]1CCNC1=O. The van der Waals surface area contributed by atoms with Crippen molar-refractivity contribution in [2.75, 3.05) is 19.8 Å². The Bertz CT molecular complexity index is 1270. The molecule has 1 fully saturated rings. The van der Waals surface area contributed by atoms with Gasteiger partial charge in [0, 0.05) is 24.4 Å². The first kappa shape index (κ1) is 29.6. The minimum absolute atomic E-state index is 0.145. The fraction of sp³-hybridized carbons (Fsp3) is 0.433. The number of hydrogen-bond acceptors (Lipinski definition) is 7. The molecular weight excluding hydrogens is 528 g/mol. The van der Waals surface area contributed by atoms with Gasteiger partial charge in [0.2, 0.25) is 17.7 Å². The molecule has 41 heavy (non-hydrogen) atoms. The molecule has 0 unspecified atom stereocenters. The van der Waals surface area contributed by atoms with E-state index in [2.05, 4.69) is 21.3 Å². The molecule has 2 aliphatic rings. The average Bonchev–Trinajstić information content (AvgIpc) is 3.38. The number of ether oxygens (including phenoxy) is 2. The third-order valence-corrected chi connectivity index (χ3v) is 7.15. The first-order valence-corrected chi connectivity index (χ1v) is 13.8. The van der Waals surface area contributed by atoms with Crippen molar-refractivity contribution in [1.29, 1.82) is 0 Å². The molecule has 2 aromatic rings. The Labute approximate surface area is 238 Å². The number of benzene rings is 2. The van der Waals surface area contributed by atoms with Gasteiger partial charge >= 0.3 is 0 Å². The van der Waals surface area contributed by atoms with Crippen molar-refractivity contribution in [1.82, 2.24) is 21.3 Å². The zero-order valence-electron chi connectivity index (χ0n) is 23.2. The predicted octanol–water partition coefficient (Wildman–Crippen LogP) is 1.15. The van der Waals surface area contributed by atoms with Gasteiger partial charge in [0.05, 0.1) is 6.04 Å². The number of rotatable bonds is 12. The number of aldehydes is 1. The Hall–Kier alpha value is -4.41. The lowest BCUT2D eigenvalue weighted by Crippen LogP contribution is -2.57. The van der Waals surface area contributed by atoms with Gasteiger partial charge in [0.1, 0.15) is 31.6 Å².